The molecular weight excluding hydrogens is 472 g/mol. The molecule has 0 aliphatic rings. The molecule has 0 fully saturated rings. The van der Waals surface area contributed by atoms with Gasteiger partial charge >= 0.3 is 11.9 Å². The first-order chi connectivity index (χ1) is 17.7. The number of rotatable bonds is 11. The fourth-order valence-corrected chi connectivity index (χ4v) is 4.27. The molecule has 9 nitrogen and oxygen atoms in total. The Morgan fingerprint density at radius 1 is 0.811 bits per heavy atom. The van der Waals surface area contributed by atoms with Crippen LogP contribution in [0.3, 0.4) is 0 Å². The third kappa shape index (κ3) is 6.37. The number of aromatic nitrogens is 2. The van der Waals surface area contributed by atoms with Gasteiger partial charge in [0.05, 0.1) is 6.42 Å². The molecule has 4 aromatic rings. The maximum absolute atomic E-state index is 12.7. The molecule has 2 aromatic heterocycles. The maximum atomic E-state index is 12.7. The Balaban J connectivity index is 1.43. The quantitative estimate of drug-likeness (QED) is 0.212. The van der Waals surface area contributed by atoms with E-state index >= 15 is 0 Å². The van der Waals surface area contributed by atoms with E-state index in [2.05, 4.69) is 19.8 Å². The summed E-state index contributed by atoms with van der Waals surface area (Å²) in [5.41, 5.74) is 3.71. The van der Waals surface area contributed by atoms with Crippen LogP contribution in [0, 0.1) is 0 Å². The number of carbonyl (C=O) groups excluding carboxylic acids is 2. The van der Waals surface area contributed by atoms with Gasteiger partial charge in [-0.1, -0.05) is 12.1 Å². The molecule has 37 heavy (non-hydrogen) atoms. The molecule has 0 amide bonds. The molecule has 0 spiro atoms. The molecule has 2 heterocycles. The van der Waals surface area contributed by atoms with E-state index in [-0.39, 0.29) is 0 Å². The van der Waals surface area contributed by atoms with Crippen LogP contribution in [0.15, 0.2) is 48.8 Å². The second-order valence-corrected chi connectivity index (χ2v) is 9.71. The number of hydrogen-bond donors (Lipinski definition) is 3. The Morgan fingerprint density at radius 3 is 1.78 bits per heavy atom. The highest BCUT2D eigenvalue weighted by atomic mass is 16.6. The van der Waals surface area contributed by atoms with Gasteiger partial charge in [-0.3, -0.25) is 4.79 Å². The minimum atomic E-state index is -1.66. The molecule has 0 saturated heterocycles. The molecule has 0 radical (unpaired) electrons. The van der Waals surface area contributed by atoms with Gasteiger partial charge in [0.2, 0.25) is 0 Å². The third-order valence-electron chi connectivity index (χ3n) is 6.22. The number of likely N-dealkylation sites (N-methyl/N-ethyl adjacent to an activating group) is 2. The minimum Gasteiger partial charge on any atom is -0.426 e. The van der Waals surface area contributed by atoms with Gasteiger partial charge in [-0.2, -0.15) is 0 Å². The number of nitrogens with one attached hydrogen (secondary N) is 2. The Kier molecular flexibility index (Phi) is 8.27. The van der Waals surface area contributed by atoms with E-state index in [9.17, 15) is 14.7 Å². The van der Waals surface area contributed by atoms with Crippen molar-refractivity contribution in [3.63, 3.8) is 0 Å². The van der Waals surface area contributed by atoms with E-state index < -0.39 is 24.5 Å². The molecule has 0 aliphatic carbocycles. The summed E-state index contributed by atoms with van der Waals surface area (Å²) in [6.07, 6.45) is 3.16. The highest BCUT2D eigenvalue weighted by Crippen LogP contribution is 2.31. The molecule has 0 aliphatic heterocycles. The number of fused-ring (bicyclic) bond motifs is 2. The highest BCUT2D eigenvalue weighted by molar-refractivity contribution is 5.94. The van der Waals surface area contributed by atoms with Gasteiger partial charge in [0.15, 0.2) is 6.10 Å². The summed E-state index contributed by atoms with van der Waals surface area (Å²) < 4.78 is 11.1. The number of H-pyrrole nitrogens is 2. The lowest BCUT2D eigenvalue weighted by atomic mass is 10.1. The Hall–Kier alpha value is -3.66. The van der Waals surface area contributed by atoms with Crippen molar-refractivity contribution in [1.82, 2.24) is 19.8 Å². The van der Waals surface area contributed by atoms with Crippen molar-refractivity contribution in [1.29, 1.82) is 0 Å². The predicted molar refractivity (Wildman–Crippen MR) is 143 cm³/mol. The second kappa shape index (κ2) is 11.6. The van der Waals surface area contributed by atoms with Crippen molar-refractivity contribution < 1.29 is 24.2 Å². The predicted octanol–water partition coefficient (Wildman–Crippen LogP) is 3.12. The summed E-state index contributed by atoms with van der Waals surface area (Å²) >= 11 is 0. The summed E-state index contributed by atoms with van der Waals surface area (Å²) in [6, 6.07) is 10.7. The summed E-state index contributed by atoms with van der Waals surface area (Å²) in [7, 11) is 7.98. The number of aromatic amines is 2. The number of benzene rings is 2. The smallest absolute Gasteiger partial charge is 0.340 e. The zero-order chi connectivity index (χ0) is 26.5. The Bertz CT molecular complexity index is 1390. The van der Waals surface area contributed by atoms with E-state index in [1.54, 1.807) is 24.3 Å². The zero-order valence-electron chi connectivity index (χ0n) is 21.7. The van der Waals surface area contributed by atoms with Crippen LogP contribution in [0.2, 0.25) is 0 Å². The largest absolute Gasteiger partial charge is 0.426 e. The summed E-state index contributed by atoms with van der Waals surface area (Å²) in [4.78, 5) is 35.9. The van der Waals surface area contributed by atoms with Crippen molar-refractivity contribution >= 4 is 33.7 Å². The van der Waals surface area contributed by atoms with Crippen molar-refractivity contribution in [2.45, 2.75) is 25.4 Å². The topological polar surface area (TPSA) is 111 Å². The van der Waals surface area contributed by atoms with Crippen LogP contribution in [0.5, 0.6) is 11.5 Å². The van der Waals surface area contributed by atoms with Crippen LogP contribution < -0.4 is 9.47 Å². The van der Waals surface area contributed by atoms with Crippen LogP contribution in [0.1, 0.15) is 17.5 Å². The lowest BCUT2D eigenvalue weighted by Crippen LogP contribution is -2.29. The molecule has 0 bridgehead atoms. The first-order valence-electron chi connectivity index (χ1n) is 12.3. The molecule has 9 heteroatoms. The summed E-state index contributed by atoms with van der Waals surface area (Å²) in [5.74, 6) is -0.896. The van der Waals surface area contributed by atoms with Gasteiger partial charge in [-0.05, 0) is 76.4 Å². The van der Waals surface area contributed by atoms with Gasteiger partial charge in [0, 0.05) is 47.3 Å². The molecule has 196 valence electrons. The van der Waals surface area contributed by atoms with E-state index in [0.717, 1.165) is 58.9 Å². The third-order valence-corrected chi connectivity index (χ3v) is 6.22. The first-order valence-corrected chi connectivity index (χ1v) is 12.3. The number of hydrogen-bond acceptors (Lipinski definition) is 7. The molecule has 3 N–H and O–H groups in total. The average Bonchev–Trinajstić information content (AvgIpc) is 3.46. The number of esters is 2. The molecule has 2 aromatic carbocycles. The van der Waals surface area contributed by atoms with Gasteiger partial charge in [-0.25, -0.2) is 4.79 Å². The highest BCUT2D eigenvalue weighted by Gasteiger charge is 2.24. The van der Waals surface area contributed by atoms with Gasteiger partial charge in [0.1, 0.15) is 11.5 Å². The summed E-state index contributed by atoms with van der Waals surface area (Å²) in [5, 5.41) is 12.1. The van der Waals surface area contributed by atoms with E-state index in [1.165, 1.54) is 0 Å². The van der Waals surface area contributed by atoms with Crippen LogP contribution in [-0.4, -0.2) is 84.2 Å². The molecule has 4 rings (SSSR count). The number of ether oxygens (including phenoxy) is 2. The number of nitrogens with zero attached hydrogens (tertiary/aromatic N) is 2. The van der Waals surface area contributed by atoms with Crippen LogP contribution in [-0.2, 0) is 22.4 Å². The van der Waals surface area contributed by atoms with E-state index in [1.807, 2.05) is 52.7 Å². The SMILES string of the molecule is CN(C)CCc1c[nH]c2cccc(OC(=O)C[C@H](O)C(=O)Oc3cccc4[nH]cc(CCN(C)C)c34)c12. The van der Waals surface area contributed by atoms with Crippen molar-refractivity contribution in [3.8, 4) is 11.5 Å². The van der Waals surface area contributed by atoms with E-state index in [4.69, 9.17) is 9.47 Å². The van der Waals surface area contributed by atoms with Gasteiger partial charge < -0.3 is 34.3 Å². The lowest BCUT2D eigenvalue weighted by Gasteiger charge is -2.13. The Morgan fingerprint density at radius 2 is 1.30 bits per heavy atom. The number of carbonyl (C=O) groups is 2. The first kappa shape index (κ1) is 26.4. The fourth-order valence-electron chi connectivity index (χ4n) is 4.27. The molecule has 0 unspecified atom stereocenters. The van der Waals surface area contributed by atoms with Gasteiger partial charge in [-0.15, -0.1) is 0 Å². The maximum Gasteiger partial charge on any atom is 0.340 e. The molecule has 1 atom stereocenters. The zero-order valence-corrected chi connectivity index (χ0v) is 21.7. The summed E-state index contributed by atoms with van der Waals surface area (Å²) in [6.45, 7) is 1.67. The van der Waals surface area contributed by atoms with Crippen LogP contribution in [0.4, 0.5) is 0 Å². The number of aliphatic hydroxyl groups is 1. The lowest BCUT2D eigenvalue weighted by molar-refractivity contribution is -0.149. The standard InChI is InChI=1S/C28H34N4O5/c1-31(2)13-11-18-16-29-20-7-5-9-23(26(18)20)36-25(34)15-22(33)28(35)37-24-10-6-8-21-27(24)19(17-30-21)12-14-32(3)4/h5-10,16-17,22,29-30,33H,11-15H2,1-4H3/t22-/m0/s1. The fraction of sp³-hybridized carbons (Fsp3) is 0.357. The van der Waals surface area contributed by atoms with Crippen LogP contribution in [0.25, 0.3) is 21.8 Å². The van der Waals surface area contributed by atoms with Gasteiger partial charge in [0.25, 0.3) is 0 Å². The van der Waals surface area contributed by atoms with Crippen molar-refractivity contribution in [2.75, 3.05) is 41.3 Å². The van der Waals surface area contributed by atoms with E-state index in [0.29, 0.717) is 11.5 Å². The minimum absolute atomic E-state index is 0.340. The molecular formula is C28H34N4O5. The monoisotopic (exact) mass is 506 g/mol. The number of aliphatic hydroxyl groups excluding tert-OH is 1. The second-order valence-electron chi connectivity index (χ2n) is 9.71. The molecule has 0 saturated carbocycles. The Labute approximate surface area is 216 Å². The van der Waals surface area contributed by atoms with Crippen molar-refractivity contribution in [3.05, 3.63) is 59.9 Å². The van der Waals surface area contributed by atoms with Crippen LogP contribution >= 0.6 is 0 Å². The average molecular weight is 507 g/mol. The van der Waals surface area contributed by atoms with Crippen molar-refractivity contribution in [2.24, 2.45) is 0 Å². The normalized spacial score (nSPS) is 12.5.